The van der Waals surface area contributed by atoms with Gasteiger partial charge in [0.1, 0.15) is 0 Å². The monoisotopic (exact) mass is 194 g/mol. The molecule has 0 bridgehead atoms. The lowest BCUT2D eigenvalue weighted by Crippen LogP contribution is -2.57. The van der Waals surface area contributed by atoms with Crippen LogP contribution in [0.5, 0.6) is 0 Å². The number of nitrogens with zero attached hydrogens (tertiary/aromatic N) is 1. The zero-order valence-electron chi connectivity index (χ0n) is 8.50. The van der Waals surface area contributed by atoms with Gasteiger partial charge in [0, 0.05) is 17.5 Å². The standard InChI is InChI=1S/C11H18N2O/c12-7-9-2-3-10(6-9)13-11(8-14)4-1-5-11/h9-10,13-14H,1-6,8H2. The smallest absolute Gasteiger partial charge is 0.0656 e. The molecule has 3 nitrogen and oxygen atoms in total. The maximum absolute atomic E-state index is 9.29. The highest BCUT2D eigenvalue weighted by molar-refractivity contribution is 5.01. The minimum absolute atomic E-state index is 0.00894. The Kier molecular flexibility index (Phi) is 2.76. The second-order valence-electron chi connectivity index (χ2n) is 4.77. The van der Waals surface area contributed by atoms with Gasteiger partial charge in [0.05, 0.1) is 12.7 Å². The van der Waals surface area contributed by atoms with Crippen LogP contribution in [0.15, 0.2) is 0 Å². The van der Waals surface area contributed by atoms with E-state index in [0.717, 1.165) is 32.1 Å². The van der Waals surface area contributed by atoms with E-state index < -0.39 is 0 Å². The molecule has 0 radical (unpaired) electrons. The van der Waals surface area contributed by atoms with E-state index in [1.807, 2.05) is 0 Å². The van der Waals surface area contributed by atoms with Crippen molar-refractivity contribution in [3.05, 3.63) is 0 Å². The van der Waals surface area contributed by atoms with Crippen LogP contribution in [0.1, 0.15) is 38.5 Å². The van der Waals surface area contributed by atoms with Crippen molar-refractivity contribution >= 4 is 0 Å². The molecule has 2 aliphatic rings. The van der Waals surface area contributed by atoms with Crippen LogP contribution in [-0.4, -0.2) is 23.3 Å². The van der Waals surface area contributed by atoms with E-state index in [1.165, 1.54) is 6.42 Å². The van der Waals surface area contributed by atoms with Crippen LogP contribution < -0.4 is 5.32 Å². The summed E-state index contributed by atoms with van der Waals surface area (Å²) < 4.78 is 0. The number of nitrogens with one attached hydrogen (secondary N) is 1. The Morgan fingerprint density at radius 2 is 2.21 bits per heavy atom. The van der Waals surface area contributed by atoms with E-state index in [-0.39, 0.29) is 18.1 Å². The van der Waals surface area contributed by atoms with Crippen molar-refractivity contribution in [1.29, 1.82) is 5.26 Å². The molecule has 3 heteroatoms. The molecule has 78 valence electrons. The molecule has 0 spiro atoms. The summed E-state index contributed by atoms with van der Waals surface area (Å²) in [6.45, 7) is 0.251. The summed E-state index contributed by atoms with van der Waals surface area (Å²) in [5, 5.41) is 21.6. The van der Waals surface area contributed by atoms with Crippen molar-refractivity contribution in [2.75, 3.05) is 6.61 Å². The van der Waals surface area contributed by atoms with Gasteiger partial charge in [0.2, 0.25) is 0 Å². The highest BCUT2D eigenvalue weighted by atomic mass is 16.3. The van der Waals surface area contributed by atoms with E-state index in [9.17, 15) is 5.11 Å². The normalized spacial score (nSPS) is 34.9. The predicted octanol–water partition coefficient (Wildman–Crippen LogP) is 1.18. The first kappa shape index (κ1) is 9.95. The molecule has 2 unspecified atom stereocenters. The van der Waals surface area contributed by atoms with Crippen molar-refractivity contribution in [2.24, 2.45) is 5.92 Å². The van der Waals surface area contributed by atoms with E-state index in [4.69, 9.17) is 5.26 Å². The second kappa shape index (κ2) is 3.88. The Morgan fingerprint density at radius 1 is 1.43 bits per heavy atom. The molecule has 0 saturated heterocycles. The van der Waals surface area contributed by atoms with Gasteiger partial charge in [-0.1, -0.05) is 0 Å². The summed E-state index contributed by atoms with van der Waals surface area (Å²) in [5.74, 6) is 0.239. The molecule has 0 aromatic carbocycles. The summed E-state index contributed by atoms with van der Waals surface area (Å²) in [4.78, 5) is 0. The lowest BCUT2D eigenvalue weighted by molar-refractivity contribution is 0.0770. The minimum atomic E-state index is 0.00894. The van der Waals surface area contributed by atoms with Crippen molar-refractivity contribution in [2.45, 2.75) is 50.1 Å². The molecular weight excluding hydrogens is 176 g/mol. The van der Waals surface area contributed by atoms with Gasteiger partial charge in [0.15, 0.2) is 0 Å². The number of aliphatic hydroxyl groups is 1. The molecule has 0 aliphatic heterocycles. The Bertz CT molecular complexity index is 237. The SMILES string of the molecule is N#CC1CCC(NC2(CO)CCC2)C1. The molecule has 2 N–H and O–H groups in total. The quantitative estimate of drug-likeness (QED) is 0.709. The summed E-state index contributed by atoms with van der Waals surface area (Å²) >= 11 is 0. The molecular formula is C11H18N2O. The van der Waals surface area contributed by atoms with Gasteiger partial charge in [-0.25, -0.2) is 0 Å². The fraction of sp³-hybridized carbons (Fsp3) is 0.909. The third-order valence-corrected chi connectivity index (χ3v) is 3.74. The van der Waals surface area contributed by atoms with Crippen molar-refractivity contribution in [1.82, 2.24) is 5.32 Å². The highest BCUT2D eigenvalue weighted by Crippen LogP contribution is 2.34. The summed E-state index contributed by atoms with van der Waals surface area (Å²) in [7, 11) is 0. The Labute approximate surface area is 85.1 Å². The van der Waals surface area contributed by atoms with Crippen LogP contribution in [-0.2, 0) is 0 Å². The molecule has 14 heavy (non-hydrogen) atoms. The number of hydrogen-bond donors (Lipinski definition) is 2. The Balaban J connectivity index is 1.84. The molecule has 2 aliphatic carbocycles. The maximum Gasteiger partial charge on any atom is 0.0656 e. The van der Waals surface area contributed by atoms with Crippen molar-refractivity contribution in [3.63, 3.8) is 0 Å². The second-order valence-corrected chi connectivity index (χ2v) is 4.77. The van der Waals surface area contributed by atoms with E-state index >= 15 is 0 Å². The zero-order valence-corrected chi connectivity index (χ0v) is 8.50. The zero-order chi connectivity index (χ0) is 10.0. The largest absolute Gasteiger partial charge is 0.394 e. The first-order valence-corrected chi connectivity index (χ1v) is 5.56. The van der Waals surface area contributed by atoms with Gasteiger partial charge in [-0.05, 0) is 38.5 Å². The molecule has 0 amide bonds. The third-order valence-electron chi connectivity index (χ3n) is 3.74. The molecule has 2 atom stereocenters. The molecule has 2 rings (SSSR count). The Hall–Kier alpha value is -0.590. The molecule has 0 aromatic heterocycles. The summed E-state index contributed by atoms with van der Waals surface area (Å²) in [6.07, 6.45) is 6.50. The average molecular weight is 194 g/mol. The van der Waals surface area contributed by atoms with Crippen molar-refractivity contribution in [3.8, 4) is 6.07 Å². The van der Waals surface area contributed by atoms with Crippen LogP contribution in [0.4, 0.5) is 0 Å². The number of rotatable bonds is 3. The van der Waals surface area contributed by atoms with E-state index in [1.54, 1.807) is 0 Å². The molecule has 0 heterocycles. The van der Waals surface area contributed by atoms with Crippen LogP contribution in [0.25, 0.3) is 0 Å². The summed E-state index contributed by atoms with van der Waals surface area (Å²) in [5.41, 5.74) is 0.00894. The molecule has 0 aromatic rings. The first-order valence-electron chi connectivity index (χ1n) is 5.56. The van der Waals surface area contributed by atoms with Gasteiger partial charge in [-0.2, -0.15) is 5.26 Å². The van der Waals surface area contributed by atoms with Crippen LogP contribution in [0.3, 0.4) is 0 Å². The van der Waals surface area contributed by atoms with Crippen molar-refractivity contribution < 1.29 is 5.11 Å². The van der Waals surface area contributed by atoms with Gasteiger partial charge in [-0.3, -0.25) is 0 Å². The topological polar surface area (TPSA) is 56.0 Å². The van der Waals surface area contributed by atoms with E-state index in [2.05, 4.69) is 11.4 Å². The van der Waals surface area contributed by atoms with Gasteiger partial charge < -0.3 is 10.4 Å². The lowest BCUT2D eigenvalue weighted by atomic mass is 9.77. The predicted molar refractivity (Wildman–Crippen MR) is 53.5 cm³/mol. The average Bonchev–Trinajstić information content (AvgIpc) is 2.59. The van der Waals surface area contributed by atoms with Gasteiger partial charge >= 0.3 is 0 Å². The molecule has 2 saturated carbocycles. The number of hydrogen-bond acceptors (Lipinski definition) is 3. The fourth-order valence-electron chi connectivity index (χ4n) is 2.61. The highest BCUT2D eigenvalue weighted by Gasteiger charge is 2.39. The lowest BCUT2D eigenvalue weighted by Gasteiger charge is -2.43. The van der Waals surface area contributed by atoms with Crippen LogP contribution in [0.2, 0.25) is 0 Å². The third kappa shape index (κ3) is 1.77. The van der Waals surface area contributed by atoms with Gasteiger partial charge in [0.25, 0.3) is 0 Å². The fourth-order valence-corrected chi connectivity index (χ4v) is 2.61. The van der Waals surface area contributed by atoms with Gasteiger partial charge in [-0.15, -0.1) is 0 Å². The number of nitriles is 1. The molecule has 2 fully saturated rings. The minimum Gasteiger partial charge on any atom is -0.394 e. The van der Waals surface area contributed by atoms with Crippen LogP contribution in [0, 0.1) is 17.2 Å². The van der Waals surface area contributed by atoms with Crippen LogP contribution >= 0.6 is 0 Å². The summed E-state index contributed by atoms with van der Waals surface area (Å²) in [6, 6.07) is 2.80. The number of aliphatic hydroxyl groups excluding tert-OH is 1. The van der Waals surface area contributed by atoms with E-state index in [0.29, 0.717) is 6.04 Å². The Morgan fingerprint density at radius 3 is 2.64 bits per heavy atom. The first-order chi connectivity index (χ1) is 6.78. The maximum atomic E-state index is 9.29.